The van der Waals surface area contributed by atoms with E-state index < -0.39 is 11.9 Å². The predicted molar refractivity (Wildman–Crippen MR) is 132 cm³/mol. The van der Waals surface area contributed by atoms with Gasteiger partial charge in [0.25, 0.3) is 5.91 Å². The normalized spacial score (nSPS) is 16.1. The SMILES string of the molecule is O=C(O)C=CC(=O)O.O=C1c2ccccc2CN1CC1CCN(CCSc2ccccc2F)CC1. The van der Waals surface area contributed by atoms with Gasteiger partial charge in [0.2, 0.25) is 0 Å². The number of hydrogen-bond donors (Lipinski definition) is 2. The van der Waals surface area contributed by atoms with Gasteiger partial charge in [-0.1, -0.05) is 30.3 Å². The maximum Gasteiger partial charge on any atom is 0.328 e. The second-order valence-corrected chi connectivity index (χ2v) is 9.55. The predicted octanol–water partition coefficient (Wildman–Crippen LogP) is 4.00. The molecule has 0 aromatic heterocycles. The molecule has 2 aliphatic heterocycles. The van der Waals surface area contributed by atoms with Crippen LogP contribution in [0.5, 0.6) is 0 Å². The minimum absolute atomic E-state index is 0.127. The van der Waals surface area contributed by atoms with Gasteiger partial charge >= 0.3 is 11.9 Å². The Hall–Kier alpha value is -3.17. The Labute approximate surface area is 208 Å². The number of carbonyl (C=O) groups excluding carboxylic acids is 1. The molecule has 0 radical (unpaired) electrons. The summed E-state index contributed by atoms with van der Waals surface area (Å²) in [6, 6.07) is 14.9. The fourth-order valence-electron chi connectivity index (χ4n) is 4.16. The molecule has 186 valence electrons. The van der Waals surface area contributed by atoms with Gasteiger partial charge in [0, 0.05) is 48.0 Å². The Bertz CT molecular complexity index is 1050. The first kappa shape index (κ1) is 26.4. The van der Waals surface area contributed by atoms with Crippen molar-refractivity contribution in [3.8, 4) is 0 Å². The highest BCUT2D eigenvalue weighted by Crippen LogP contribution is 2.27. The Morgan fingerprint density at radius 3 is 2.26 bits per heavy atom. The molecule has 4 rings (SSSR count). The molecule has 35 heavy (non-hydrogen) atoms. The third-order valence-electron chi connectivity index (χ3n) is 5.95. The van der Waals surface area contributed by atoms with E-state index in [2.05, 4.69) is 11.0 Å². The maximum absolute atomic E-state index is 13.7. The molecule has 0 saturated carbocycles. The number of likely N-dealkylation sites (tertiary alicyclic amines) is 1. The summed E-state index contributed by atoms with van der Waals surface area (Å²) in [6.07, 6.45) is 3.37. The average molecular weight is 501 g/mol. The third kappa shape index (κ3) is 8.22. The number of carbonyl (C=O) groups is 3. The van der Waals surface area contributed by atoms with Crippen LogP contribution >= 0.6 is 11.8 Å². The van der Waals surface area contributed by atoms with Gasteiger partial charge in [0.15, 0.2) is 0 Å². The largest absolute Gasteiger partial charge is 0.478 e. The zero-order chi connectivity index (χ0) is 25.2. The molecule has 7 nitrogen and oxygen atoms in total. The first-order valence-electron chi connectivity index (χ1n) is 11.4. The van der Waals surface area contributed by atoms with E-state index >= 15 is 0 Å². The van der Waals surface area contributed by atoms with Gasteiger partial charge in [-0.05, 0) is 55.6 Å². The summed E-state index contributed by atoms with van der Waals surface area (Å²) in [5.74, 6) is -0.962. The number of carboxylic acids is 2. The highest BCUT2D eigenvalue weighted by Gasteiger charge is 2.30. The van der Waals surface area contributed by atoms with Gasteiger partial charge in [-0.25, -0.2) is 14.0 Å². The number of hydrogen-bond acceptors (Lipinski definition) is 5. The molecule has 0 bridgehead atoms. The Kier molecular flexibility index (Phi) is 9.86. The summed E-state index contributed by atoms with van der Waals surface area (Å²) < 4.78 is 13.7. The molecule has 1 fully saturated rings. The minimum Gasteiger partial charge on any atom is -0.478 e. The summed E-state index contributed by atoms with van der Waals surface area (Å²) in [7, 11) is 0. The molecule has 2 heterocycles. The van der Waals surface area contributed by atoms with Crippen LogP contribution < -0.4 is 0 Å². The lowest BCUT2D eigenvalue weighted by Crippen LogP contribution is -2.39. The quantitative estimate of drug-likeness (QED) is 0.418. The number of piperidine rings is 1. The van der Waals surface area contributed by atoms with Crippen LogP contribution in [-0.2, 0) is 16.1 Å². The van der Waals surface area contributed by atoms with Crippen LogP contribution in [0.15, 0.2) is 65.6 Å². The summed E-state index contributed by atoms with van der Waals surface area (Å²) in [6.45, 7) is 4.74. The van der Waals surface area contributed by atoms with E-state index in [0.29, 0.717) is 18.1 Å². The van der Waals surface area contributed by atoms with E-state index in [9.17, 15) is 18.8 Å². The van der Waals surface area contributed by atoms with E-state index in [-0.39, 0.29) is 11.7 Å². The van der Waals surface area contributed by atoms with E-state index in [1.165, 1.54) is 6.07 Å². The van der Waals surface area contributed by atoms with Crippen LogP contribution in [0.1, 0.15) is 28.8 Å². The molecule has 0 aliphatic carbocycles. The topological polar surface area (TPSA) is 98.1 Å². The smallest absolute Gasteiger partial charge is 0.328 e. The number of aliphatic carboxylic acids is 2. The van der Waals surface area contributed by atoms with Crippen molar-refractivity contribution in [2.24, 2.45) is 5.92 Å². The molecule has 0 unspecified atom stereocenters. The zero-order valence-corrected chi connectivity index (χ0v) is 20.1. The second-order valence-electron chi connectivity index (χ2n) is 8.42. The first-order valence-corrected chi connectivity index (χ1v) is 12.4. The maximum atomic E-state index is 13.7. The van der Waals surface area contributed by atoms with Gasteiger partial charge in [0.05, 0.1) is 0 Å². The van der Waals surface area contributed by atoms with Crippen molar-refractivity contribution >= 4 is 29.6 Å². The van der Waals surface area contributed by atoms with Gasteiger partial charge in [0.1, 0.15) is 5.82 Å². The van der Waals surface area contributed by atoms with Crippen molar-refractivity contribution < 1.29 is 29.0 Å². The van der Waals surface area contributed by atoms with Crippen molar-refractivity contribution in [1.29, 1.82) is 0 Å². The number of fused-ring (bicyclic) bond motifs is 1. The number of amides is 1. The molecule has 0 spiro atoms. The molecule has 2 aromatic carbocycles. The fraction of sp³-hybridized carbons (Fsp3) is 0.346. The van der Waals surface area contributed by atoms with Gasteiger partial charge in [-0.2, -0.15) is 0 Å². The molecule has 2 aromatic rings. The second kappa shape index (κ2) is 13.1. The van der Waals surface area contributed by atoms with E-state index in [1.807, 2.05) is 35.2 Å². The lowest BCUT2D eigenvalue weighted by Gasteiger charge is -2.33. The number of halogens is 1. The summed E-state index contributed by atoms with van der Waals surface area (Å²) >= 11 is 1.59. The molecular weight excluding hydrogens is 471 g/mol. The summed E-state index contributed by atoms with van der Waals surface area (Å²) in [5.41, 5.74) is 2.03. The number of rotatable bonds is 8. The van der Waals surface area contributed by atoms with Crippen LogP contribution in [0.25, 0.3) is 0 Å². The molecule has 0 atom stereocenters. The number of benzene rings is 2. The van der Waals surface area contributed by atoms with E-state index in [1.54, 1.807) is 17.8 Å². The van der Waals surface area contributed by atoms with Gasteiger partial charge in [-0.3, -0.25) is 4.79 Å². The molecule has 9 heteroatoms. The minimum atomic E-state index is -1.26. The van der Waals surface area contributed by atoms with Crippen molar-refractivity contribution in [3.05, 3.63) is 77.6 Å². The first-order chi connectivity index (χ1) is 16.8. The molecule has 2 N–H and O–H groups in total. The third-order valence-corrected chi connectivity index (χ3v) is 6.98. The lowest BCUT2D eigenvalue weighted by molar-refractivity contribution is -0.134. The van der Waals surface area contributed by atoms with Crippen LogP contribution in [0.3, 0.4) is 0 Å². The number of carboxylic acid groups (broad SMARTS) is 2. The van der Waals surface area contributed by atoms with Crippen LogP contribution in [0.4, 0.5) is 4.39 Å². The zero-order valence-electron chi connectivity index (χ0n) is 19.3. The van der Waals surface area contributed by atoms with Crippen LogP contribution in [0.2, 0.25) is 0 Å². The standard InChI is InChI=1S/C22H25FN2OS.C4H4O4/c23-20-7-3-4-8-21(20)27-14-13-24-11-9-17(10-12-24)15-25-16-18-5-1-2-6-19(18)22(25)26;5-3(6)1-2-4(7)8/h1-8,17H,9-16H2;1-2H,(H,5,6)(H,7,8). The highest BCUT2D eigenvalue weighted by atomic mass is 32.2. The monoisotopic (exact) mass is 500 g/mol. The molecular formula is C26H29FN2O5S. The average Bonchev–Trinajstić information content (AvgIpc) is 3.16. The Morgan fingerprint density at radius 2 is 1.63 bits per heavy atom. The van der Waals surface area contributed by atoms with Gasteiger partial charge in [-0.15, -0.1) is 11.8 Å². The van der Waals surface area contributed by atoms with Gasteiger partial charge < -0.3 is 20.0 Å². The number of nitrogens with zero attached hydrogens (tertiary/aromatic N) is 2. The Morgan fingerprint density at radius 1 is 1.00 bits per heavy atom. The fourth-order valence-corrected chi connectivity index (χ4v) is 5.11. The molecule has 1 saturated heterocycles. The number of thioether (sulfide) groups is 1. The van der Waals surface area contributed by atoms with E-state index in [0.717, 1.165) is 67.3 Å². The van der Waals surface area contributed by atoms with Crippen molar-refractivity contribution in [3.63, 3.8) is 0 Å². The van der Waals surface area contributed by atoms with Crippen LogP contribution in [0, 0.1) is 11.7 Å². The van der Waals surface area contributed by atoms with E-state index in [4.69, 9.17) is 10.2 Å². The van der Waals surface area contributed by atoms with Crippen molar-refractivity contribution in [2.45, 2.75) is 24.3 Å². The molecule has 2 aliphatic rings. The van der Waals surface area contributed by atoms with Crippen LogP contribution in [-0.4, -0.2) is 69.8 Å². The summed E-state index contributed by atoms with van der Waals surface area (Å²) in [4.78, 5) is 36.8. The highest BCUT2D eigenvalue weighted by molar-refractivity contribution is 7.99. The summed E-state index contributed by atoms with van der Waals surface area (Å²) in [5, 5.41) is 15.6. The lowest BCUT2D eigenvalue weighted by atomic mass is 9.96. The molecule has 1 amide bonds. The van der Waals surface area contributed by atoms with Crippen molar-refractivity contribution in [1.82, 2.24) is 9.80 Å². The van der Waals surface area contributed by atoms with Crippen molar-refractivity contribution in [2.75, 3.05) is 31.9 Å². The Balaban J connectivity index is 0.000000371.